The standard InChI is InChI=1S/C24H14N2O2S4Se/c1-28-22-11-10-21(32-22)20-9-7-17(31-20)15-4-3-14(23-24(15)26-33-25-23)16-6-8-19(30-16)18-5-2-13(12-27)29-18/h2-12H,1H3. The molecule has 6 aromatic rings. The van der Waals surface area contributed by atoms with Gasteiger partial charge in [0.25, 0.3) is 0 Å². The number of hydrogen-bond donors (Lipinski definition) is 0. The molecule has 0 amide bonds. The zero-order valence-corrected chi connectivity index (χ0v) is 22.1. The minimum absolute atomic E-state index is 0.124. The second-order valence-corrected chi connectivity index (χ2v) is 12.5. The van der Waals surface area contributed by atoms with Crippen LogP contribution >= 0.6 is 45.3 Å². The second-order valence-electron chi connectivity index (χ2n) is 7.09. The molecular formula is C24H14N2O2S4Se. The summed E-state index contributed by atoms with van der Waals surface area (Å²) in [6, 6.07) is 21.0. The summed E-state index contributed by atoms with van der Waals surface area (Å²) < 4.78 is 14.9. The summed E-state index contributed by atoms with van der Waals surface area (Å²) in [6.07, 6.45) is 0.904. The number of hydrogen-bond acceptors (Lipinski definition) is 8. The van der Waals surface area contributed by atoms with Gasteiger partial charge in [-0.15, -0.1) is 0 Å². The summed E-state index contributed by atoms with van der Waals surface area (Å²) in [5.74, 6) is 0. The van der Waals surface area contributed by atoms with Gasteiger partial charge in [0.2, 0.25) is 0 Å². The van der Waals surface area contributed by atoms with E-state index in [2.05, 4.69) is 42.5 Å². The molecule has 0 saturated heterocycles. The molecule has 5 aromatic heterocycles. The average molecular weight is 570 g/mol. The summed E-state index contributed by atoms with van der Waals surface area (Å²) in [6.45, 7) is 0. The monoisotopic (exact) mass is 570 g/mol. The molecule has 9 heteroatoms. The summed E-state index contributed by atoms with van der Waals surface area (Å²) >= 11 is 6.55. The summed E-state index contributed by atoms with van der Waals surface area (Å²) in [5.41, 5.74) is 4.26. The fourth-order valence-corrected chi connectivity index (χ4v) is 8.70. The van der Waals surface area contributed by atoms with E-state index in [0.717, 1.165) is 48.1 Å². The third-order valence-corrected chi connectivity index (χ3v) is 11.0. The van der Waals surface area contributed by atoms with Crippen molar-refractivity contribution in [3.8, 4) is 45.5 Å². The van der Waals surface area contributed by atoms with Gasteiger partial charge in [-0.25, -0.2) is 0 Å². The maximum atomic E-state index is 11.0. The van der Waals surface area contributed by atoms with Crippen LogP contribution in [0.2, 0.25) is 0 Å². The fourth-order valence-electron chi connectivity index (χ4n) is 3.61. The van der Waals surface area contributed by atoms with E-state index < -0.39 is 0 Å². The Morgan fingerprint density at radius 2 is 1.18 bits per heavy atom. The molecular weight excluding hydrogens is 556 g/mol. The molecule has 0 aliphatic carbocycles. The molecule has 4 nitrogen and oxygen atoms in total. The molecule has 0 N–H and O–H groups in total. The van der Waals surface area contributed by atoms with Gasteiger partial charge >= 0.3 is 213 Å². The molecule has 1 aromatic carbocycles. The van der Waals surface area contributed by atoms with Crippen LogP contribution in [0.4, 0.5) is 0 Å². The number of rotatable bonds is 6. The molecule has 0 unspecified atom stereocenters. The van der Waals surface area contributed by atoms with Crippen LogP contribution in [0.15, 0.2) is 60.7 Å². The van der Waals surface area contributed by atoms with Gasteiger partial charge in [-0.3, -0.25) is 0 Å². The first kappa shape index (κ1) is 21.2. The van der Waals surface area contributed by atoms with Gasteiger partial charge in [-0.05, 0) is 0 Å². The molecule has 33 heavy (non-hydrogen) atoms. The molecule has 162 valence electrons. The normalized spacial score (nSPS) is 11.3. The van der Waals surface area contributed by atoms with Gasteiger partial charge in [0.1, 0.15) is 0 Å². The Labute approximate surface area is 212 Å². The Bertz CT molecular complexity index is 1600. The molecule has 5 heterocycles. The Hall–Kier alpha value is -2.39. The summed E-state index contributed by atoms with van der Waals surface area (Å²) in [7, 11) is 1.70. The van der Waals surface area contributed by atoms with Crippen molar-refractivity contribution in [3.05, 3.63) is 65.5 Å². The van der Waals surface area contributed by atoms with E-state index in [-0.39, 0.29) is 15.0 Å². The van der Waals surface area contributed by atoms with E-state index in [1.54, 1.807) is 41.1 Å². The van der Waals surface area contributed by atoms with Gasteiger partial charge in [0.05, 0.1) is 0 Å². The summed E-state index contributed by atoms with van der Waals surface area (Å²) in [5, 5.41) is 0.918. The predicted octanol–water partition coefficient (Wildman–Crippen LogP) is 7.42. The van der Waals surface area contributed by atoms with E-state index in [1.807, 2.05) is 18.2 Å². The van der Waals surface area contributed by atoms with E-state index in [0.29, 0.717) is 0 Å². The summed E-state index contributed by atoms with van der Waals surface area (Å²) in [4.78, 5) is 18.9. The van der Waals surface area contributed by atoms with Crippen molar-refractivity contribution in [1.82, 2.24) is 7.96 Å². The maximum absolute atomic E-state index is 11.0. The van der Waals surface area contributed by atoms with Gasteiger partial charge in [-0.2, -0.15) is 0 Å². The Morgan fingerprint density at radius 1 is 0.667 bits per heavy atom. The van der Waals surface area contributed by atoms with Gasteiger partial charge in [0.15, 0.2) is 0 Å². The third kappa shape index (κ3) is 3.85. The number of ether oxygens (including phenoxy) is 1. The van der Waals surface area contributed by atoms with Crippen molar-refractivity contribution >= 4 is 77.6 Å². The molecule has 0 aliphatic heterocycles. The number of carbonyl (C=O) groups excluding carboxylic acids is 1. The number of fused-ring (bicyclic) bond motifs is 1. The zero-order chi connectivity index (χ0) is 22.4. The first-order chi connectivity index (χ1) is 16.2. The van der Waals surface area contributed by atoms with Crippen molar-refractivity contribution in [2.45, 2.75) is 0 Å². The minimum atomic E-state index is -0.124. The number of nitrogens with zero attached hydrogens (tertiary/aromatic N) is 2. The molecule has 0 radical (unpaired) electrons. The SMILES string of the molecule is COc1ccc(-c2ccc(-c3ccc(-c4ccc(-c5ccc(C=O)s5)s4)c4n[se]nc34)s2)s1. The van der Waals surface area contributed by atoms with Crippen molar-refractivity contribution < 1.29 is 9.53 Å². The number of aromatic nitrogens is 2. The quantitative estimate of drug-likeness (QED) is 0.155. The fraction of sp³-hybridized carbons (Fsp3) is 0.0417. The van der Waals surface area contributed by atoms with E-state index in [1.165, 1.54) is 30.8 Å². The molecule has 0 fully saturated rings. The second kappa shape index (κ2) is 8.76. The molecule has 0 atom stereocenters. The van der Waals surface area contributed by atoms with Crippen LogP contribution in [0.25, 0.3) is 51.4 Å². The number of methoxy groups -OCH3 is 1. The third-order valence-electron chi connectivity index (χ3n) is 5.17. The number of benzene rings is 1. The van der Waals surface area contributed by atoms with E-state index in [9.17, 15) is 4.79 Å². The topological polar surface area (TPSA) is 52.1 Å². The zero-order valence-electron chi connectivity index (χ0n) is 17.1. The molecule has 0 aliphatic rings. The van der Waals surface area contributed by atoms with Crippen LogP contribution in [0.5, 0.6) is 5.06 Å². The van der Waals surface area contributed by atoms with Crippen LogP contribution in [0, 0.1) is 0 Å². The van der Waals surface area contributed by atoms with Crippen LogP contribution < -0.4 is 4.74 Å². The van der Waals surface area contributed by atoms with Crippen LogP contribution in [0.1, 0.15) is 9.67 Å². The first-order valence-electron chi connectivity index (χ1n) is 9.89. The van der Waals surface area contributed by atoms with Gasteiger partial charge < -0.3 is 0 Å². The Morgan fingerprint density at radius 3 is 1.73 bits per heavy atom. The van der Waals surface area contributed by atoms with Crippen molar-refractivity contribution in [1.29, 1.82) is 0 Å². The molecule has 0 spiro atoms. The Kier molecular flexibility index (Phi) is 5.62. The predicted molar refractivity (Wildman–Crippen MR) is 142 cm³/mol. The van der Waals surface area contributed by atoms with Crippen LogP contribution in [-0.4, -0.2) is 36.3 Å². The van der Waals surface area contributed by atoms with Crippen molar-refractivity contribution in [3.63, 3.8) is 0 Å². The average Bonchev–Trinajstić information content (AvgIpc) is 3.68. The molecule has 6 rings (SSSR count). The van der Waals surface area contributed by atoms with Crippen LogP contribution in [0.3, 0.4) is 0 Å². The van der Waals surface area contributed by atoms with Crippen molar-refractivity contribution in [2.75, 3.05) is 7.11 Å². The first-order valence-corrected chi connectivity index (χ1v) is 14.7. The van der Waals surface area contributed by atoms with E-state index >= 15 is 0 Å². The molecule has 0 saturated carbocycles. The number of carbonyl (C=O) groups is 1. The Balaban J connectivity index is 1.37. The molecule has 0 bridgehead atoms. The number of thiophene rings is 4. The van der Waals surface area contributed by atoms with Crippen molar-refractivity contribution in [2.24, 2.45) is 0 Å². The number of aldehydes is 1. The van der Waals surface area contributed by atoms with Crippen LogP contribution in [-0.2, 0) is 0 Å². The van der Waals surface area contributed by atoms with Gasteiger partial charge in [0, 0.05) is 0 Å². The van der Waals surface area contributed by atoms with E-state index in [4.69, 9.17) is 12.7 Å². The van der Waals surface area contributed by atoms with Gasteiger partial charge in [-0.1, -0.05) is 0 Å².